The zero-order chi connectivity index (χ0) is 16.7. The molecule has 0 saturated heterocycles. The molecule has 120 valence electrons. The first-order valence-electron chi connectivity index (χ1n) is 6.85. The van der Waals surface area contributed by atoms with Gasteiger partial charge in [0.2, 0.25) is 0 Å². The third-order valence-electron chi connectivity index (χ3n) is 2.95. The second kappa shape index (κ2) is 8.07. The van der Waals surface area contributed by atoms with Crippen molar-refractivity contribution in [1.82, 2.24) is 4.90 Å². The van der Waals surface area contributed by atoms with E-state index in [1.165, 1.54) is 30.2 Å². The van der Waals surface area contributed by atoms with Crippen LogP contribution in [0.25, 0.3) is 0 Å². The number of amides is 1. The van der Waals surface area contributed by atoms with Crippen LogP contribution in [0.2, 0.25) is 0 Å². The molecule has 0 atom stereocenters. The van der Waals surface area contributed by atoms with Crippen molar-refractivity contribution in [3.8, 4) is 11.5 Å². The zero-order valence-electron chi connectivity index (χ0n) is 13.1. The second-order valence-corrected chi connectivity index (χ2v) is 4.82. The van der Waals surface area contributed by atoms with E-state index in [0.717, 1.165) is 5.57 Å². The summed E-state index contributed by atoms with van der Waals surface area (Å²) < 4.78 is 9.88. The molecule has 1 N–H and O–H groups in total. The van der Waals surface area contributed by atoms with Crippen molar-refractivity contribution in [2.75, 3.05) is 26.8 Å². The quantitative estimate of drug-likeness (QED) is 0.616. The summed E-state index contributed by atoms with van der Waals surface area (Å²) >= 11 is 0. The number of hydrogen-bond acceptors (Lipinski definition) is 5. The summed E-state index contributed by atoms with van der Waals surface area (Å²) in [6, 6.07) is 4.21. The molecule has 1 rings (SSSR count). The Hall–Kier alpha value is -2.50. The average Bonchev–Trinajstić information content (AvgIpc) is 2.49. The zero-order valence-corrected chi connectivity index (χ0v) is 13.1. The van der Waals surface area contributed by atoms with Gasteiger partial charge in [0.15, 0.2) is 6.61 Å². The first-order valence-corrected chi connectivity index (χ1v) is 6.85. The summed E-state index contributed by atoms with van der Waals surface area (Å²) in [6.45, 7) is 7.93. The minimum absolute atomic E-state index is 0.0171. The second-order valence-electron chi connectivity index (χ2n) is 4.82. The number of esters is 1. The summed E-state index contributed by atoms with van der Waals surface area (Å²) in [6.07, 6.45) is 0. The van der Waals surface area contributed by atoms with Gasteiger partial charge in [-0.05, 0) is 26.0 Å². The SMILES string of the molecule is C=C(C)CN(CC)C(=O)COC(=O)c1ccc(OC)cc1O. The highest BCUT2D eigenvalue weighted by molar-refractivity contribution is 5.94. The van der Waals surface area contributed by atoms with Crippen LogP contribution in [-0.2, 0) is 9.53 Å². The van der Waals surface area contributed by atoms with Gasteiger partial charge in [-0.3, -0.25) is 4.79 Å². The van der Waals surface area contributed by atoms with E-state index in [1.54, 1.807) is 0 Å². The highest BCUT2D eigenvalue weighted by atomic mass is 16.5. The van der Waals surface area contributed by atoms with Crippen LogP contribution < -0.4 is 4.74 Å². The number of likely N-dealkylation sites (N-methyl/N-ethyl adjacent to an activating group) is 1. The van der Waals surface area contributed by atoms with Gasteiger partial charge < -0.3 is 19.5 Å². The number of rotatable bonds is 7. The molecule has 0 aliphatic rings. The van der Waals surface area contributed by atoms with Crippen molar-refractivity contribution < 1.29 is 24.2 Å². The highest BCUT2D eigenvalue weighted by Gasteiger charge is 2.17. The molecule has 0 spiro atoms. The van der Waals surface area contributed by atoms with E-state index in [9.17, 15) is 14.7 Å². The van der Waals surface area contributed by atoms with Crippen LogP contribution in [0, 0.1) is 0 Å². The van der Waals surface area contributed by atoms with Crippen molar-refractivity contribution >= 4 is 11.9 Å². The number of phenols is 1. The van der Waals surface area contributed by atoms with Gasteiger partial charge in [-0.1, -0.05) is 12.2 Å². The number of carbonyl (C=O) groups is 2. The largest absolute Gasteiger partial charge is 0.507 e. The number of hydrogen-bond donors (Lipinski definition) is 1. The van der Waals surface area contributed by atoms with Gasteiger partial charge in [0.25, 0.3) is 5.91 Å². The lowest BCUT2D eigenvalue weighted by Crippen LogP contribution is -2.35. The first kappa shape index (κ1) is 17.6. The molecule has 1 aromatic carbocycles. The topological polar surface area (TPSA) is 76.1 Å². The maximum absolute atomic E-state index is 12.0. The average molecular weight is 307 g/mol. The number of benzene rings is 1. The molecule has 0 radical (unpaired) electrons. The van der Waals surface area contributed by atoms with Crippen LogP contribution in [0.5, 0.6) is 11.5 Å². The molecule has 0 aliphatic heterocycles. The summed E-state index contributed by atoms with van der Waals surface area (Å²) in [5.74, 6) is -0.915. The minimum Gasteiger partial charge on any atom is -0.507 e. The Morgan fingerprint density at radius 3 is 2.55 bits per heavy atom. The Bertz CT molecular complexity index is 568. The third kappa shape index (κ3) is 4.80. The number of carbonyl (C=O) groups excluding carboxylic acids is 2. The van der Waals surface area contributed by atoms with Crippen LogP contribution >= 0.6 is 0 Å². The number of nitrogens with zero attached hydrogens (tertiary/aromatic N) is 1. The molecule has 6 heteroatoms. The molecule has 1 aromatic rings. The van der Waals surface area contributed by atoms with Gasteiger partial charge in [-0.2, -0.15) is 0 Å². The molecular weight excluding hydrogens is 286 g/mol. The minimum atomic E-state index is -0.764. The molecule has 0 fully saturated rings. The Morgan fingerprint density at radius 2 is 2.05 bits per heavy atom. The third-order valence-corrected chi connectivity index (χ3v) is 2.95. The van der Waals surface area contributed by atoms with E-state index in [2.05, 4.69) is 6.58 Å². The molecule has 0 bridgehead atoms. The molecule has 22 heavy (non-hydrogen) atoms. The maximum Gasteiger partial charge on any atom is 0.342 e. The van der Waals surface area contributed by atoms with Gasteiger partial charge in [0, 0.05) is 19.2 Å². The molecule has 0 aromatic heterocycles. The summed E-state index contributed by atoms with van der Waals surface area (Å²) in [4.78, 5) is 25.4. The van der Waals surface area contributed by atoms with E-state index in [0.29, 0.717) is 18.8 Å². The Labute approximate surface area is 129 Å². The summed E-state index contributed by atoms with van der Waals surface area (Å²) in [7, 11) is 1.45. The molecular formula is C16H21NO5. The highest BCUT2D eigenvalue weighted by Crippen LogP contribution is 2.23. The van der Waals surface area contributed by atoms with Crippen molar-refractivity contribution in [3.05, 3.63) is 35.9 Å². The van der Waals surface area contributed by atoms with E-state index in [4.69, 9.17) is 9.47 Å². The summed E-state index contributed by atoms with van der Waals surface area (Å²) in [5, 5.41) is 9.74. The lowest BCUT2D eigenvalue weighted by molar-refractivity contribution is -0.133. The molecule has 6 nitrogen and oxygen atoms in total. The van der Waals surface area contributed by atoms with Crippen molar-refractivity contribution in [2.24, 2.45) is 0 Å². The molecule has 0 unspecified atom stereocenters. The van der Waals surface area contributed by atoms with Crippen molar-refractivity contribution in [3.63, 3.8) is 0 Å². The number of ether oxygens (including phenoxy) is 2. The lowest BCUT2D eigenvalue weighted by Gasteiger charge is -2.20. The van der Waals surface area contributed by atoms with Crippen LogP contribution in [0.3, 0.4) is 0 Å². The van der Waals surface area contributed by atoms with Gasteiger partial charge in [-0.15, -0.1) is 0 Å². The van der Waals surface area contributed by atoms with Crippen LogP contribution in [0.1, 0.15) is 24.2 Å². The number of phenolic OH excluding ortho intramolecular Hbond substituents is 1. The predicted octanol–water partition coefficient (Wildman–Crippen LogP) is 1.98. The fraction of sp³-hybridized carbons (Fsp3) is 0.375. The van der Waals surface area contributed by atoms with E-state index in [-0.39, 0.29) is 23.8 Å². The van der Waals surface area contributed by atoms with Gasteiger partial charge in [0.1, 0.15) is 17.1 Å². The van der Waals surface area contributed by atoms with Gasteiger partial charge in [-0.25, -0.2) is 4.79 Å². The molecule has 0 heterocycles. The van der Waals surface area contributed by atoms with Gasteiger partial charge in [0.05, 0.1) is 7.11 Å². The van der Waals surface area contributed by atoms with Crippen molar-refractivity contribution in [2.45, 2.75) is 13.8 Å². The first-order chi connectivity index (χ1) is 10.4. The molecule has 1 amide bonds. The Kier molecular flexibility index (Phi) is 6.44. The Morgan fingerprint density at radius 1 is 1.36 bits per heavy atom. The fourth-order valence-corrected chi connectivity index (χ4v) is 1.81. The number of aromatic hydroxyl groups is 1. The smallest absolute Gasteiger partial charge is 0.342 e. The van der Waals surface area contributed by atoms with Crippen molar-refractivity contribution in [1.29, 1.82) is 0 Å². The van der Waals surface area contributed by atoms with E-state index in [1.807, 2.05) is 13.8 Å². The van der Waals surface area contributed by atoms with E-state index < -0.39 is 5.97 Å². The van der Waals surface area contributed by atoms with E-state index >= 15 is 0 Å². The normalized spacial score (nSPS) is 9.95. The standard InChI is InChI=1S/C16H21NO5/c1-5-17(9-11(2)3)15(19)10-22-16(20)13-7-6-12(21-4)8-14(13)18/h6-8,18H,2,5,9-10H2,1,3-4H3. The van der Waals surface area contributed by atoms with Gasteiger partial charge >= 0.3 is 5.97 Å². The molecule has 0 aliphatic carbocycles. The maximum atomic E-state index is 12.0. The Balaban J connectivity index is 2.65. The number of methoxy groups -OCH3 is 1. The fourth-order valence-electron chi connectivity index (χ4n) is 1.81. The van der Waals surface area contributed by atoms with Crippen LogP contribution in [0.4, 0.5) is 0 Å². The van der Waals surface area contributed by atoms with Crippen LogP contribution in [-0.4, -0.2) is 48.7 Å². The lowest BCUT2D eigenvalue weighted by atomic mass is 10.2. The van der Waals surface area contributed by atoms with Crippen LogP contribution in [0.15, 0.2) is 30.4 Å². The predicted molar refractivity (Wildman–Crippen MR) is 82.0 cm³/mol. The molecule has 0 saturated carbocycles. The monoisotopic (exact) mass is 307 g/mol. The summed E-state index contributed by atoms with van der Waals surface area (Å²) in [5.41, 5.74) is 0.825.